The molecule has 1 aromatic heterocycles. The van der Waals surface area contributed by atoms with Gasteiger partial charge in [-0.15, -0.1) is 0 Å². The Kier molecular flexibility index (Phi) is 5.83. The van der Waals surface area contributed by atoms with Gasteiger partial charge >= 0.3 is 0 Å². The summed E-state index contributed by atoms with van der Waals surface area (Å²) < 4.78 is 0. The van der Waals surface area contributed by atoms with Gasteiger partial charge in [0, 0.05) is 23.6 Å². The van der Waals surface area contributed by atoms with Crippen molar-refractivity contribution in [3.8, 4) is 28.3 Å². The van der Waals surface area contributed by atoms with Crippen LogP contribution < -0.4 is 11.1 Å². The fourth-order valence-corrected chi connectivity index (χ4v) is 3.69. The number of nitrogens with two attached hydrogens (primary N) is 1. The summed E-state index contributed by atoms with van der Waals surface area (Å²) in [6.45, 7) is 3.15. The Morgan fingerprint density at radius 3 is 2.32 bits per heavy atom. The van der Waals surface area contributed by atoms with Crippen LogP contribution in [0.5, 0.6) is 0 Å². The lowest BCUT2D eigenvalue weighted by molar-refractivity contribution is 0.0955. The van der Waals surface area contributed by atoms with Crippen LogP contribution in [0.1, 0.15) is 27.9 Å². The van der Waals surface area contributed by atoms with E-state index >= 15 is 0 Å². The molecule has 4 N–H and O–H groups in total. The van der Waals surface area contributed by atoms with Crippen molar-refractivity contribution >= 4 is 16.8 Å². The van der Waals surface area contributed by atoms with Crippen molar-refractivity contribution in [2.45, 2.75) is 13.3 Å². The molecule has 0 atom stereocenters. The monoisotopic (exact) mass is 408 g/mol. The highest BCUT2D eigenvalue weighted by atomic mass is 16.1. The summed E-state index contributed by atoms with van der Waals surface area (Å²) in [5, 5.41) is 12.9. The van der Waals surface area contributed by atoms with Crippen LogP contribution in [-0.2, 0) is 0 Å². The summed E-state index contributed by atoms with van der Waals surface area (Å²) in [5.41, 5.74) is 13.0. The predicted octanol–water partition coefficient (Wildman–Crippen LogP) is 4.76. The largest absolute Gasteiger partial charge is 0.360 e. The molecule has 4 rings (SSSR count). The molecule has 31 heavy (non-hydrogen) atoms. The third-order valence-corrected chi connectivity index (χ3v) is 5.42. The molecule has 0 saturated heterocycles. The van der Waals surface area contributed by atoms with Gasteiger partial charge in [-0.2, -0.15) is 5.26 Å². The van der Waals surface area contributed by atoms with Gasteiger partial charge in [0.2, 0.25) is 0 Å². The maximum atomic E-state index is 12.7. The van der Waals surface area contributed by atoms with Gasteiger partial charge in [-0.05, 0) is 66.4 Å². The Labute approximate surface area is 181 Å². The lowest BCUT2D eigenvalue weighted by atomic mass is 9.91. The molecule has 0 aliphatic carbocycles. The van der Waals surface area contributed by atoms with Crippen molar-refractivity contribution in [3.05, 3.63) is 83.6 Å². The molecule has 1 heterocycles. The third kappa shape index (κ3) is 4.20. The van der Waals surface area contributed by atoms with Gasteiger partial charge in [-0.25, -0.2) is 0 Å². The van der Waals surface area contributed by atoms with Crippen LogP contribution in [0.2, 0.25) is 0 Å². The molecule has 0 aliphatic rings. The zero-order valence-electron chi connectivity index (χ0n) is 17.4. The zero-order chi connectivity index (χ0) is 21.8. The van der Waals surface area contributed by atoms with Crippen LogP contribution in [0.3, 0.4) is 0 Å². The van der Waals surface area contributed by atoms with Gasteiger partial charge in [-0.1, -0.05) is 42.0 Å². The van der Waals surface area contributed by atoms with Gasteiger partial charge in [0.25, 0.3) is 5.91 Å². The van der Waals surface area contributed by atoms with E-state index in [-0.39, 0.29) is 5.91 Å². The van der Waals surface area contributed by atoms with Crippen LogP contribution in [0.25, 0.3) is 33.2 Å². The molecule has 0 radical (unpaired) electrons. The van der Waals surface area contributed by atoms with Crippen molar-refractivity contribution in [2.75, 3.05) is 13.1 Å². The summed E-state index contributed by atoms with van der Waals surface area (Å²) in [5.74, 6) is -0.117. The van der Waals surface area contributed by atoms with E-state index in [1.54, 1.807) is 6.20 Å². The number of carbonyl (C=O) groups is 1. The molecule has 154 valence electrons. The van der Waals surface area contributed by atoms with E-state index in [0.717, 1.165) is 39.6 Å². The number of aryl methyl sites for hydroxylation is 1. The maximum Gasteiger partial charge on any atom is 0.253 e. The Morgan fingerprint density at radius 1 is 1.03 bits per heavy atom. The average Bonchev–Trinajstić information content (AvgIpc) is 3.22. The fraction of sp³-hybridized carbons (Fsp3) is 0.154. The number of hydrogen-bond acceptors (Lipinski definition) is 3. The number of benzene rings is 3. The highest BCUT2D eigenvalue weighted by Gasteiger charge is 2.16. The molecule has 0 unspecified atom stereocenters. The average molecular weight is 409 g/mol. The number of H-pyrrole nitrogens is 1. The molecule has 5 nitrogen and oxygen atoms in total. The number of amides is 1. The number of hydrogen-bond donors (Lipinski definition) is 3. The molecule has 5 heteroatoms. The Hall–Kier alpha value is -3.88. The standard InChI is InChI=1S/C26H24N4O/c1-17-3-7-19(8-4-17)22-14-25-23(24(16-30-25)26(31)29-12-2-11-27)13-21(22)20-9-5-18(15-28)6-10-20/h3-10,13-14,16,30H,2,11-12,27H2,1H3,(H,29,31). The number of nitriles is 1. The molecule has 0 fully saturated rings. The van der Waals surface area contributed by atoms with Crippen LogP contribution in [0.15, 0.2) is 66.9 Å². The third-order valence-electron chi connectivity index (χ3n) is 5.42. The zero-order valence-corrected chi connectivity index (χ0v) is 17.4. The minimum Gasteiger partial charge on any atom is -0.360 e. The molecular formula is C26H24N4O. The minimum atomic E-state index is -0.117. The van der Waals surface area contributed by atoms with Gasteiger partial charge in [0.05, 0.1) is 17.2 Å². The first-order valence-electron chi connectivity index (χ1n) is 10.3. The molecule has 1 amide bonds. The van der Waals surface area contributed by atoms with Crippen LogP contribution >= 0.6 is 0 Å². The first-order chi connectivity index (χ1) is 15.1. The lowest BCUT2D eigenvalue weighted by Crippen LogP contribution is -2.25. The van der Waals surface area contributed by atoms with Gasteiger partial charge in [-0.3, -0.25) is 4.79 Å². The molecule has 0 aliphatic heterocycles. The SMILES string of the molecule is Cc1ccc(-c2cc3[nH]cc(C(=O)NCCCN)c3cc2-c2ccc(C#N)cc2)cc1. The molecule has 3 aromatic carbocycles. The van der Waals surface area contributed by atoms with Gasteiger partial charge in [0.15, 0.2) is 0 Å². The molecule has 0 spiro atoms. The van der Waals surface area contributed by atoms with Crippen molar-refractivity contribution in [1.29, 1.82) is 5.26 Å². The van der Waals surface area contributed by atoms with Gasteiger partial charge < -0.3 is 16.0 Å². The normalized spacial score (nSPS) is 10.7. The van der Waals surface area contributed by atoms with E-state index < -0.39 is 0 Å². The smallest absolute Gasteiger partial charge is 0.253 e. The van der Waals surface area contributed by atoms with Crippen LogP contribution in [0.4, 0.5) is 0 Å². The predicted molar refractivity (Wildman–Crippen MR) is 125 cm³/mol. The van der Waals surface area contributed by atoms with E-state index in [1.165, 1.54) is 5.56 Å². The maximum absolute atomic E-state index is 12.7. The molecule has 0 saturated carbocycles. The first kappa shape index (κ1) is 20.4. The summed E-state index contributed by atoms with van der Waals surface area (Å²) >= 11 is 0. The van der Waals surface area contributed by atoms with Crippen molar-refractivity contribution < 1.29 is 4.79 Å². The summed E-state index contributed by atoms with van der Waals surface area (Å²) in [4.78, 5) is 16.0. The second-order valence-corrected chi connectivity index (χ2v) is 7.60. The number of nitrogens with zero attached hydrogens (tertiary/aromatic N) is 1. The number of aromatic nitrogens is 1. The highest BCUT2D eigenvalue weighted by molar-refractivity contribution is 6.09. The van der Waals surface area contributed by atoms with Crippen LogP contribution in [0, 0.1) is 18.3 Å². The Morgan fingerprint density at radius 2 is 1.68 bits per heavy atom. The van der Waals surface area contributed by atoms with Crippen molar-refractivity contribution in [1.82, 2.24) is 10.3 Å². The number of rotatable bonds is 6. The number of fused-ring (bicyclic) bond motifs is 1. The Bertz CT molecular complexity index is 1260. The van der Waals surface area contributed by atoms with E-state index in [9.17, 15) is 4.79 Å². The lowest BCUT2D eigenvalue weighted by Gasteiger charge is -2.12. The number of aromatic amines is 1. The molecule has 4 aromatic rings. The van der Waals surface area contributed by atoms with Crippen molar-refractivity contribution in [2.24, 2.45) is 5.73 Å². The summed E-state index contributed by atoms with van der Waals surface area (Å²) in [6, 6.07) is 22.2. The number of carbonyl (C=O) groups excluding carboxylic acids is 1. The molecular weight excluding hydrogens is 384 g/mol. The highest BCUT2D eigenvalue weighted by Crippen LogP contribution is 2.36. The fourth-order valence-electron chi connectivity index (χ4n) is 3.69. The van der Waals surface area contributed by atoms with E-state index in [2.05, 4.69) is 59.7 Å². The summed E-state index contributed by atoms with van der Waals surface area (Å²) in [6.07, 6.45) is 2.49. The Balaban J connectivity index is 1.86. The summed E-state index contributed by atoms with van der Waals surface area (Å²) in [7, 11) is 0. The van der Waals surface area contributed by atoms with E-state index in [1.807, 2.05) is 24.3 Å². The molecule has 0 bridgehead atoms. The van der Waals surface area contributed by atoms with E-state index in [4.69, 9.17) is 11.0 Å². The quantitative estimate of drug-likeness (QED) is 0.401. The van der Waals surface area contributed by atoms with Gasteiger partial charge in [0.1, 0.15) is 0 Å². The second-order valence-electron chi connectivity index (χ2n) is 7.60. The van der Waals surface area contributed by atoms with Crippen molar-refractivity contribution in [3.63, 3.8) is 0 Å². The second kappa shape index (κ2) is 8.86. The minimum absolute atomic E-state index is 0.117. The number of nitrogens with one attached hydrogen (secondary N) is 2. The first-order valence-corrected chi connectivity index (χ1v) is 10.3. The van der Waals surface area contributed by atoms with Crippen LogP contribution in [-0.4, -0.2) is 24.0 Å². The topological polar surface area (TPSA) is 94.7 Å². The van der Waals surface area contributed by atoms with E-state index in [0.29, 0.717) is 24.2 Å².